The molecular weight excluding hydrogens is 260 g/mol. The molecule has 3 rings (SSSR count). The average molecular weight is 282 g/mol. The first-order valence-electron chi connectivity index (χ1n) is 7.82. The number of carbonyl (C=O) groups is 1. The van der Waals surface area contributed by atoms with Crippen LogP contribution in [0.4, 0.5) is 0 Å². The molecule has 0 saturated heterocycles. The average Bonchev–Trinajstić information content (AvgIpc) is 3.30. The quantitative estimate of drug-likeness (QED) is 0.605. The van der Waals surface area contributed by atoms with Crippen LogP contribution in [0.15, 0.2) is 48.1 Å². The highest BCUT2D eigenvalue weighted by Crippen LogP contribution is 2.54. The number of hydrogen-bond acceptors (Lipinski definition) is 2. The molecule has 0 unspecified atom stereocenters. The molecule has 0 spiro atoms. The van der Waals surface area contributed by atoms with E-state index in [1.54, 1.807) is 0 Å². The Morgan fingerprint density at radius 3 is 2.57 bits per heavy atom. The van der Waals surface area contributed by atoms with E-state index in [1.165, 1.54) is 44.8 Å². The van der Waals surface area contributed by atoms with Crippen molar-refractivity contribution in [3.63, 3.8) is 0 Å². The topological polar surface area (TPSA) is 26.3 Å². The Bertz CT molecular complexity index is 564. The molecule has 2 aliphatic rings. The first kappa shape index (κ1) is 14.1. The number of rotatable bonds is 4. The number of hydrogen-bond donors (Lipinski definition) is 0. The second kappa shape index (κ2) is 5.88. The van der Waals surface area contributed by atoms with Gasteiger partial charge in [0.1, 0.15) is 5.41 Å². The van der Waals surface area contributed by atoms with Crippen LogP contribution in [-0.2, 0) is 9.53 Å². The van der Waals surface area contributed by atoms with Crippen LogP contribution in [0.2, 0.25) is 0 Å². The summed E-state index contributed by atoms with van der Waals surface area (Å²) >= 11 is 0. The van der Waals surface area contributed by atoms with Gasteiger partial charge in [0.25, 0.3) is 0 Å². The van der Waals surface area contributed by atoms with E-state index in [2.05, 4.69) is 6.08 Å². The number of ether oxygens (including phenoxy) is 1. The van der Waals surface area contributed by atoms with Gasteiger partial charge in [0, 0.05) is 0 Å². The summed E-state index contributed by atoms with van der Waals surface area (Å²) in [6.45, 7) is 0. The van der Waals surface area contributed by atoms with E-state index in [0.717, 1.165) is 5.56 Å². The molecule has 0 bridgehead atoms. The van der Waals surface area contributed by atoms with Gasteiger partial charge in [-0.1, -0.05) is 67.8 Å². The van der Waals surface area contributed by atoms with E-state index < -0.39 is 5.41 Å². The summed E-state index contributed by atoms with van der Waals surface area (Å²) in [5.41, 5.74) is 1.83. The fourth-order valence-corrected chi connectivity index (χ4v) is 3.43. The van der Waals surface area contributed by atoms with Crippen LogP contribution in [0, 0.1) is 11.3 Å². The van der Waals surface area contributed by atoms with Crippen molar-refractivity contribution in [1.29, 1.82) is 0 Å². The molecule has 2 aliphatic carbocycles. The van der Waals surface area contributed by atoms with Crippen molar-refractivity contribution in [2.45, 2.75) is 32.1 Å². The van der Waals surface area contributed by atoms with Gasteiger partial charge in [-0.2, -0.15) is 0 Å². The molecule has 21 heavy (non-hydrogen) atoms. The molecule has 110 valence electrons. The fraction of sp³-hybridized carbons (Fsp3) is 0.421. The minimum atomic E-state index is -0.563. The Morgan fingerprint density at radius 1 is 1.19 bits per heavy atom. The van der Waals surface area contributed by atoms with Crippen molar-refractivity contribution in [3.05, 3.63) is 53.6 Å². The van der Waals surface area contributed by atoms with Crippen LogP contribution < -0.4 is 0 Å². The zero-order valence-electron chi connectivity index (χ0n) is 12.5. The van der Waals surface area contributed by atoms with Crippen LogP contribution in [0.25, 0.3) is 6.08 Å². The Labute approximate surface area is 126 Å². The van der Waals surface area contributed by atoms with Gasteiger partial charge < -0.3 is 4.74 Å². The lowest BCUT2D eigenvalue weighted by atomic mass is 9.82. The second-order valence-electron chi connectivity index (χ2n) is 6.04. The fourth-order valence-electron chi connectivity index (χ4n) is 3.43. The summed E-state index contributed by atoms with van der Waals surface area (Å²) in [4.78, 5) is 12.2. The van der Waals surface area contributed by atoms with E-state index in [1.807, 2.05) is 42.5 Å². The zero-order valence-corrected chi connectivity index (χ0v) is 12.5. The maximum Gasteiger partial charge on any atom is 0.323 e. The summed E-state index contributed by atoms with van der Waals surface area (Å²) in [5.74, 6) is 0.425. The predicted octanol–water partition coefficient (Wildman–Crippen LogP) is 4.38. The first-order valence-corrected chi connectivity index (χ1v) is 7.82. The van der Waals surface area contributed by atoms with Gasteiger partial charge >= 0.3 is 5.97 Å². The molecule has 0 aromatic heterocycles. The number of benzene rings is 1. The maximum atomic E-state index is 12.2. The molecule has 1 aromatic carbocycles. The summed E-state index contributed by atoms with van der Waals surface area (Å²) in [6.07, 6.45) is 12.5. The Kier molecular flexibility index (Phi) is 3.96. The van der Waals surface area contributed by atoms with Crippen molar-refractivity contribution in [2.24, 2.45) is 11.3 Å². The van der Waals surface area contributed by atoms with Crippen LogP contribution in [-0.4, -0.2) is 13.1 Å². The van der Waals surface area contributed by atoms with Gasteiger partial charge in [-0.25, -0.2) is 0 Å². The smallest absolute Gasteiger partial charge is 0.323 e. The molecule has 0 amide bonds. The Morgan fingerprint density at radius 2 is 1.90 bits per heavy atom. The highest BCUT2D eigenvalue weighted by Gasteiger charge is 2.52. The summed E-state index contributed by atoms with van der Waals surface area (Å²) in [7, 11) is 1.48. The molecule has 1 aromatic rings. The highest BCUT2D eigenvalue weighted by molar-refractivity contribution is 5.92. The molecule has 1 fully saturated rings. The second-order valence-corrected chi connectivity index (χ2v) is 6.04. The first-order chi connectivity index (χ1) is 10.3. The minimum absolute atomic E-state index is 0.143. The van der Waals surface area contributed by atoms with Gasteiger partial charge in [-0.15, -0.1) is 0 Å². The largest absolute Gasteiger partial charge is 0.468 e. The van der Waals surface area contributed by atoms with E-state index >= 15 is 0 Å². The van der Waals surface area contributed by atoms with Gasteiger partial charge in [0.05, 0.1) is 7.11 Å². The van der Waals surface area contributed by atoms with Crippen LogP contribution in [0.3, 0.4) is 0 Å². The molecule has 0 heterocycles. The summed E-state index contributed by atoms with van der Waals surface area (Å²) in [5, 5.41) is 0. The normalized spacial score (nSPS) is 25.7. The molecule has 1 saturated carbocycles. The van der Waals surface area contributed by atoms with Crippen LogP contribution in [0.1, 0.15) is 37.7 Å². The Balaban J connectivity index is 1.77. The molecule has 2 nitrogen and oxygen atoms in total. The maximum absolute atomic E-state index is 12.2. The van der Waals surface area contributed by atoms with Crippen molar-refractivity contribution >= 4 is 12.0 Å². The van der Waals surface area contributed by atoms with E-state index in [4.69, 9.17) is 4.74 Å². The lowest BCUT2D eigenvalue weighted by Gasteiger charge is -2.23. The monoisotopic (exact) mass is 282 g/mol. The molecule has 2 heteroatoms. The minimum Gasteiger partial charge on any atom is -0.468 e. The standard InChI is InChI=1S/C19H22O2/c1-21-18(20)19(13-12-15-8-4-2-5-9-15)14-17(19)16-10-6-3-7-11-16/h2,4-5,8-9,12-14,16H,3,6-7,10-11H2,1H3/b13-12+/t19-/m0/s1. The third kappa shape index (κ3) is 2.80. The van der Waals surface area contributed by atoms with Gasteiger partial charge in [-0.05, 0) is 29.9 Å². The van der Waals surface area contributed by atoms with Crippen molar-refractivity contribution in [2.75, 3.05) is 7.11 Å². The molecule has 0 aliphatic heterocycles. The van der Waals surface area contributed by atoms with Gasteiger partial charge in [0.2, 0.25) is 0 Å². The lowest BCUT2D eigenvalue weighted by Crippen LogP contribution is -2.22. The molecule has 0 radical (unpaired) electrons. The zero-order chi connectivity index (χ0) is 14.7. The van der Waals surface area contributed by atoms with Gasteiger partial charge in [-0.3, -0.25) is 4.79 Å². The third-order valence-electron chi connectivity index (χ3n) is 4.68. The number of carbonyl (C=O) groups excluding carboxylic acids is 1. The van der Waals surface area contributed by atoms with Crippen LogP contribution >= 0.6 is 0 Å². The Hall–Kier alpha value is -1.83. The highest BCUT2D eigenvalue weighted by atomic mass is 16.5. The summed E-state index contributed by atoms with van der Waals surface area (Å²) < 4.78 is 5.04. The van der Waals surface area contributed by atoms with E-state index in [-0.39, 0.29) is 5.97 Å². The van der Waals surface area contributed by atoms with Crippen LogP contribution in [0.5, 0.6) is 0 Å². The lowest BCUT2D eigenvalue weighted by molar-refractivity contribution is -0.144. The number of esters is 1. The molecular formula is C19H22O2. The van der Waals surface area contributed by atoms with Crippen molar-refractivity contribution < 1.29 is 9.53 Å². The molecule has 0 N–H and O–H groups in total. The predicted molar refractivity (Wildman–Crippen MR) is 84.6 cm³/mol. The van der Waals surface area contributed by atoms with Crippen molar-refractivity contribution in [1.82, 2.24) is 0 Å². The van der Waals surface area contributed by atoms with E-state index in [9.17, 15) is 4.79 Å². The molecule has 1 atom stereocenters. The SMILES string of the molecule is COC(=O)[C@@]1(/C=C/c2ccccc2)C=C1C1CCCCC1. The van der Waals surface area contributed by atoms with Gasteiger partial charge in [0.15, 0.2) is 0 Å². The summed E-state index contributed by atoms with van der Waals surface area (Å²) in [6, 6.07) is 10.1. The third-order valence-corrected chi connectivity index (χ3v) is 4.68. The van der Waals surface area contributed by atoms with E-state index in [0.29, 0.717) is 5.92 Å². The number of methoxy groups -OCH3 is 1. The van der Waals surface area contributed by atoms with Crippen molar-refractivity contribution in [3.8, 4) is 0 Å².